The van der Waals surface area contributed by atoms with Gasteiger partial charge in [-0.05, 0) is 37.1 Å². The molecule has 0 atom stereocenters. The number of amides is 1. The molecule has 0 aromatic heterocycles. The predicted octanol–water partition coefficient (Wildman–Crippen LogP) is 2.92. The maximum Gasteiger partial charge on any atom is 0.251 e. The maximum absolute atomic E-state index is 12.0. The molecule has 0 heterocycles. The van der Waals surface area contributed by atoms with Crippen molar-refractivity contribution in [2.45, 2.75) is 32.2 Å². The SMILES string of the molecule is C=CCOc1ccc(C(=O)NCC(N)(CC)CC)cc1.Cl. The number of carbonyl (C=O) groups excluding carboxylic acids is 1. The van der Waals surface area contributed by atoms with Crippen molar-refractivity contribution in [3.8, 4) is 5.75 Å². The molecule has 0 bridgehead atoms. The summed E-state index contributed by atoms with van der Waals surface area (Å²) in [6.45, 7) is 8.57. The van der Waals surface area contributed by atoms with E-state index in [0.717, 1.165) is 18.6 Å². The molecule has 0 aliphatic heterocycles. The summed E-state index contributed by atoms with van der Waals surface area (Å²) in [7, 11) is 0. The van der Waals surface area contributed by atoms with Gasteiger partial charge < -0.3 is 15.8 Å². The highest BCUT2D eigenvalue weighted by Crippen LogP contribution is 2.13. The van der Waals surface area contributed by atoms with Gasteiger partial charge in [0.2, 0.25) is 0 Å². The molecule has 0 radical (unpaired) electrons. The highest BCUT2D eigenvalue weighted by Gasteiger charge is 2.21. The monoisotopic (exact) mass is 312 g/mol. The van der Waals surface area contributed by atoms with Gasteiger partial charge in [0.05, 0.1) is 0 Å². The number of halogens is 1. The van der Waals surface area contributed by atoms with E-state index in [2.05, 4.69) is 11.9 Å². The van der Waals surface area contributed by atoms with E-state index in [4.69, 9.17) is 10.5 Å². The van der Waals surface area contributed by atoms with Crippen LogP contribution < -0.4 is 15.8 Å². The Morgan fingerprint density at radius 3 is 2.38 bits per heavy atom. The lowest BCUT2D eigenvalue weighted by Crippen LogP contribution is -2.49. The quantitative estimate of drug-likeness (QED) is 0.725. The van der Waals surface area contributed by atoms with Crippen molar-refractivity contribution in [1.29, 1.82) is 0 Å². The van der Waals surface area contributed by atoms with Crippen LogP contribution in [0.1, 0.15) is 37.0 Å². The van der Waals surface area contributed by atoms with Gasteiger partial charge in [-0.2, -0.15) is 0 Å². The van der Waals surface area contributed by atoms with Gasteiger partial charge in [0.25, 0.3) is 5.91 Å². The van der Waals surface area contributed by atoms with E-state index in [1.54, 1.807) is 30.3 Å². The molecule has 1 rings (SSSR count). The van der Waals surface area contributed by atoms with E-state index in [1.165, 1.54) is 0 Å². The Balaban J connectivity index is 0.00000400. The van der Waals surface area contributed by atoms with Gasteiger partial charge in [0, 0.05) is 17.6 Å². The summed E-state index contributed by atoms with van der Waals surface area (Å²) in [5, 5.41) is 2.88. The molecule has 4 nitrogen and oxygen atoms in total. The Morgan fingerprint density at radius 2 is 1.90 bits per heavy atom. The first-order valence-electron chi connectivity index (χ1n) is 6.95. The molecular formula is C16H25ClN2O2. The molecule has 1 amide bonds. The highest BCUT2D eigenvalue weighted by atomic mass is 35.5. The standard InChI is InChI=1S/C16H24N2O2.ClH/c1-4-11-20-14-9-7-13(8-10-14)15(19)18-12-16(17,5-2)6-3;/h4,7-10H,1,5-6,11-12,17H2,2-3H3,(H,18,19);1H. The Kier molecular flexibility index (Phi) is 8.74. The molecule has 1 aromatic carbocycles. The summed E-state index contributed by atoms with van der Waals surface area (Å²) < 4.78 is 5.37. The molecular weight excluding hydrogens is 288 g/mol. The largest absolute Gasteiger partial charge is 0.490 e. The molecule has 21 heavy (non-hydrogen) atoms. The number of rotatable bonds is 8. The minimum Gasteiger partial charge on any atom is -0.490 e. The molecule has 3 N–H and O–H groups in total. The molecule has 1 aromatic rings. The topological polar surface area (TPSA) is 64.3 Å². The van der Waals surface area contributed by atoms with Crippen molar-refractivity contribution in [3.63, 3.8) is 0 Å². The van der Waals surface area contributed by atoms with Crippen LogP contribution in [0.5, 0.6) is 5.75 Å². The van der Waals surface area contributed by atoms with Crippen LogP contribution in [-0.2, 0) is 0 Å². The second-order valence-corrected chi connectivity index (χ2v) is 4.88. The van der Waals surface area contributed by atoms with Crippen molar-refractivity contribution < 1.29 is 9.53 Å². The van der Waals surface area contributed by atoms with Crippen LogP contribution in [-0.4, -0.2) is 24.6 Å². The lowest BCUT2D eigenvalue weighted by Gasteiger charge is -2.26. The second kappa shape index (κ2) is 9.42. The fourth-order valence-corrected chi connectivity index (χ4v) is 1.72. The van der Waals surface area contributed by atoms with E-state index in [9.17, 15) is 4.79 Å². The average molecular weight is 313 g/mol. The van der Waals surface area contributed by atoms with Gasteiger partial charge in [-0.3, -0.25) is 4.79 Å². The Labute approximate surface area is 133 Å². The van der Waals surface area contributed by atoms with Crippen molar-refractivity contribution in [2.24, 2.45) is 5.73 Å². The average Bonchev–Trinajstić information content (AvgIpc) is 2.50. The third kappa shape index (κ3) is 6.19. The number of benzene rings is 1. The number of hydrogen-bond acceptors (Lipinski definition) is 3. The molecule has 0 aliphatic carbocycles. The molecule has 0 aliphatic rings. The number of ether oxygens (including phenoxy) is 1. The lowest BCUT2D eigenvalue weighted by atomic mass is 9.94. The molecule has 0 spiro atoms. The first-order valence-corrected chi connectivity index (χ1v) is 6.95. The van der Waals surface area contributed by atoms with Crippen LogP contribution in [0.15, 0.2) is 36.9 Å². The van der Waals surface area contributed by atoms with Crippen molar-refractivity contribution in [2.75, 3.05) is 13.2 Å². The van der Waals surface area contributed by atoms with E-state index < -0.39 is 0 Å². The molecule has 0 saturated heterocycles. The molecule has 0 fully saturated rings. The van der Waals surface area contributed by atoms with Crippen LogP contribution in [0.25, 0.3) is 0 Å². The zero-order chi connectivity index (χ0) is 15.0. The van der Waals surface area contributed by atoms with Crippen molar-refractivity contribution >= 4 is 18.3 Å². The van der Waals surface area contributed by atoms with Crippen LogP contribution in [0, 0.1) is 0 Å². The molecule has 0 unspecified atom stereocenters. The van der Waals surface area contributed by atoms with E-state index in [0.29, 0.717) is 18.7 Å². The van der Waals surface area contributed by atoms with Crippen LogP contribution in [0.4, 0.5) is 0 Å². The second-order valence-electron chi connectivity index (χ2n) is 4.88. The molecule has 5 heteroatoms. The normalized spacial score (nSPS) is 10.4. The summed E-state index contributed by atoms with van der Waals surface area (Å²) >= 11 is 0. The lowest BCUT2D eigenvalue weighted by molar-refractivity contribution is 0.0942. The van der Waals surface area contributed by atoms with E-state index in [-0.39, 0.29) is 23.9 Å². The summed E-state index contributed by atoms with van der Waals surface area (Å²) in [6.07, 6.45) is 3.34. The third-order valence-corrected chi connectivity index (χ3v) is 3.49. The van der Waals surface area contributed by atoms with Crippen LogP contribution in [0.2, 0.25) is 0 Å². The van der Waals surface area contributed by atoms with Crippen LogP contribution >= 0.6 is 12.4 Å². The van der Waals surface area contributed by atoms with Gasteiger partial charge in [-0.15, -0.1) is 12.4 Å². The fourth-order valence-electron chi connectivity index (χ4n) is 1.72. The van der Waals surface area contributed by atoms with Crippen molar-refractivity contribution in [1.82, 2.24) is 5.32 Å². The van der Waals surface area contributed by atoms with Gasteiger partial charge in [-0.1, -0.05) is 26.5 Å². The Morgan fingerprint density at radius 1 is 1.33 bits per heavy atom. The Bertz CT molecular complexity index is 442. The van der Waals surface area contributed by atoms with Gasteiger partial charge in [0.15, 0.2) is 0 Å². The Hall–Kier alpha value is -1.52. The zero-order valence-electron chi connectivity index (χ0n) is 12.7. The van der Waals surface area contributed by atoms with Crippen molar-refractivity contribution in [3.05, 3.63) is 42.5 Å². The zero-order valence-corrected chi connectivity index (χ0v) is 13.5. The van der Waals surface area contributed by atoms with Gasteiger partial charge >= 0.3 is 0 Å². The van der Waals surface area contributed by atoms with Gasteiger partial charge in [-0.25, -0.2) is 0 Å². The minimum absolute atomic E-state index is 0. The fraction of sp³-hybridized carbons (Fsp3) is 0.438. The van der Waals surface area contributed by atoms with Crippen LogP contribution in [0.3, 0.4) is 0 Å². The molecule has 0 saturated carbocycles. The minimum atomic E-state index is -0.331. The van der Waals surface area contributed by atoms with Gasteiger partial charge in [0.1, 0.15) is 12.4 Å². The number of hydrogen-bond donors (Lipinski definition) is 2. The maximum atomic E-state index is 12.0. The van der Waals surface area contributed by atoms with E-state index in [1.807, 2.05) is 13.8 Å². The number of nitrogens with two attached hydrogens (primary N) is 1. The first-order chi connectivity index (χ1) is 9.54. The summed E-state index contributed by atoms with van der Waals surface area (Å²) in [4.78, 5) is 12.0. The van der Waals surface area contributed by atoms with E-state index >= 15 is 0 Å². The molecule has 118 valence electrons. The number of carbonyl (C=O) groups is 1. The number of nitrogens with one attached hydrogen (secondary N) is 1. The highest BCUT2D eigenvalue weighted by molar-refractivity contribution is 5.94. The predicted molar refractivity (Wildman–Crippen MR) is 89.2 cm³/mol. The third-order valence-electron chi connectivity index (χ3n) is 3.49. The smallest absolute Gasteiger partial charge is 0.251 e. The first kappa shape index (κ1) is 19.5. The summed E-state index contributed by atoms with van der Waals surface area (Å²) in [6, 6.07) is 7.02. The summed E-state index contributed by atoms with van der Waals surface area (Å²) in [5.41, 5.74) is 6.43. The summed E-state index contributed by atoms with van der Waals surface area (Å²) in [5.74, 6) is 0.605.